The summed E-state index contributed by atoms with van der Waals surface area (Å²) in [7, 11) is 0. The van der Waals surface area contributed by atoms with Gasteiger partial charge in [0.05, 0.1) is 4.34 Å². The third kappa shape index (κ3) is 2.28. The van der Waals surface area contributed by atoms with Crippen molar-refractivity contribution in [2.24, 2.45) is 0 Å². The predicted molar refractivity (Wildman–Crippen MR) is 58.8 cm³/mol. The standard InChI is InChI=1S/C10H12ClNOS/c11-9-4-2-8(14-9)3-5-10(13)12-6-1-7-12/h2,4H,1,3,5-7H2. The molecule has 2 nitrogen and oxygen atoms in total. The lowest BCUT2D eigenvalue weighted by Crippen LogP contribution is -2.42. The summed E-state index contributed by atoms with van der Waals surface area (Å²) in [6.45, 7) is 1.90. The Kier molecular flexibility index (Phi) is 3.08. The molecule has 1 saturated heterocycles. The van der Waals surface area contributed by atoms with Crippen molar-refractivity contribution in [1.82, 2.24) is 4.90 Å². The lowest BCUT2D eigenvalue weighted by molar-refractivity contribution is -0.134. The van der Waals surface area contributed by atoms with Crippen molar-refractivity contribution in [3.63, 3.8) is 0 Å². The van der Waals surface area contributed by atoms with Crippen LogP contribution in [0.3, 0.4) is 0 Å². The number of likely N-dealkylation sites (tertiary alicyclic amines) is 1. The van der Waals surface area contributed by atoms with E-state index in [0.29, 0.717) is 6.42 Å². The highest BCUT2D eigenvalue weighted by Gasteiger charge is 2.19. The summed E-state index contributed by atoms with van der Waals surface area (Å²) in [5, 5.41) is 0. The Morgan fingerprint density at radius 2 is 2.29 bits per heavy atom. The Morgan fingerprint density at radius 3 is 2.79 bits per heavy atom. The van der Waals surface area contributed by atoms with Gasteiger partial charge in [-0.2, -0.15) is 0 Å². The van der Waals surface area contributed by atoms with E-state index in [1.54, 1.807) is 11.3 Å². The second-order valence-electron chi connectivity index (χ2n) is 3.44. The number of halogens is 1. The molecule has 1 aromatic heterocycles. The number of amides is 1. The van der Waals surface area contributed by atoms with E-state index in [2.05, 4.69) is 0 Å². The van der Waals surface area contributed by atoms with Crippen molar-refractivity contribution in [2.75, 3.05) is 13.1 Å². The molecule has 14 heavy (non-hydrogen) atoms. The van der Waals surface area contributed by atoms with Crippen molar-refractivity contribution in [3.8, 4) is 0 Å². The van der Waals surface area contributed by atoms with Gasteiger partial charge in [-0.15, -0.1) is 11.3 Å². The molecule has 76 valence electrons. The van der Waals surface area contributed by atoms with E-state index < -0.39 is 0 Å². The minimum absolute atomic E-state index is 0.278. The van der Waals surface area contributed by atoms with E-state index in [9.17, 15) is 4.79 Å². The van der Waals surface area contributed by atoms with Crippen LogP contribution in [0.5, 0.6) is 0 Å². The predicted octanol–water partition coefficient (Wildman–Crippen LogP) is 2.57. The summed E-state index contributed by atoms with van der Waals surface area (Å²) in [4.78, 5) is 14.6. The van der Waals surface area contributed by atoms with Crippen LogP contribution in [-0.4, -0.2) is 23.9 Å². The first kappa shape index (κ1) is 9.99. The number of aryl methyl sites for hydroxylation is 1. The van der Waals surface area contributed by atoms with Crippen LogP contribution in [0.4, 0.5) is 0 Å². The fraction of sp³-hybridized carbons (Fsp3) is 0.500. The summed E-state index contributed by atoms with van der Waals surface area (Å²) in [6.07, 6.45) is 2.61. The molecule has 1 aliphatic heterocycles. The average molecular weight is 230 g/mol. The molecule has 0 aliphatic carbocycles. The van der Waals surface area contributed by atoms with Gasteiger partial charge in [0.25, 0.3) is 0 Å². The fourth-order valence-corrected chi connectivity index (χ4v) is 2.53. The van der Waals surface area contributed by atoms with Crippen molar-refractivity contribution < 1.29 is 4.79 Å². The summed E-state index contributed by atoms with van der Waals surface area (Å²) in [6, 6.07) is 3.88. The highest BCUT2D eigenvalue weighted by Crippen LogP contribution is 2.22. The van der Waals surface area contributed by atoms with Crippen LogP contribution in [0.2, 0.25) is 4.34 Å². The number of carbonyl (C=O) groups is 1. The molecule has 1 aliphatic rings. The third-order valence-corrected chi connectivity index (χ3v) is 3.71. The van der Waals surface area contributed by atoms with Crippen LogP contribution in [0, 0.1) is 0 Å². The lowest BCUT2D eigenvalue weighted by atomic mass is 10.1. The summed E-state index contributed by atoms with van der Waals surface area (Å²) in [5.41, 5.74) is 0. The molecular formula is C10H12ClNOS. The maximum absolute atomic E-state index is 11.5. The van der Waals surface area contributed by atoms with Crippen LogP contribution in [-0.2, 0) is 11.2 Å². The molecule has 0 N–H and O–H groups in total. The van der Waals surface area contributed by atoms with Gasteiger partial charge in [0.15, 0.2) is 0 Å². The second kappa shape index (κ2) is 4.32. The van der Waals surface area contributed by atoms with Crippen LogP contribution in [0.15, 0.2) is 12.1 Å². The molecule has 1 aromatic rings. The molecule has 0 radical (unpaired) electrons. The molecule has 0 atom stereocenters. The van der Waals surface area contributed by atoms with Gasteiger partial charge in [0.1, 0.15) is 0 Å². The maximum Gasteiger partial charge on any atom is 0.222 e. The van der Waals surface area contributed by atoms with Crippen molar-refractivity contribution in [3.05, 3.63) is 21.3 Å². The number of hydrogen-bond acceptors (Lipinski definition) is 2. The smallest absolute Gasteiger partial charge is 0.222 e. The van der Waals surface area contributed by atoms with E-state index in [1.807, 2.05) is 17.0 Å². The fourth-order valence-electron chi connectivity index (χ4n) is 1.44. The molecule has 1 amide bonds. The van der Waals surface area contributed by atoms with Gasteiger partial charge in [-0.05, 0) is 25.0 Å². The summed E-state index contributed by atoms with van der Waals surface area (Å²) >= 11 is 7.36. The first-order valence-electron chi connectivity index (χ1n) is 4.78. The topological polar surface area (TPSA) is 20.3 Å². The van der Waals surface area contributed by atoms with E-state index >= 15 is 0 Å². The molecule has 0 unspecified atom stereocenters. The highest BCUT2D eigenvalue weighted by molar-refractivity contribution is 7.16. The van der Waals surface area contributed by atoms with E-state index in [1.165, 1.54) is 4.88 Å². The second-order valence-corrected chi connectivity index (χ2v) is 5.24. The Labute approximate surface area is 92.5 Å². The number of hydrogen-bond donors (Lipinski definition) is 0. The Hall–Kier alpha value is -0.540. The molecule has 4 heteroatoms. The third-order valence-electron chi connectivity index (χ3n) is 2.42. The Balaban J connectivity index is 1.79. The quantitative estimate of drug-likeness (QED) is 0.780. The van der Waals surface area contributed by atoms with Gasteiger partial charge in [-0.1, -0.05) is 11.6 Å². The zero-order chi connectivity index (χ0) is 9.97. The number of nitrogens with zero attached hydrogens (tertiary/aromatic N) is 1. The zero-order valence-corrected chi connectivity index (χ0v) is 9.40. The molecule has 1 fully saturated rings. The average Bonchev–Trinajstić information content (AvgIpc) is 2.45. The molecule has 2 rings (SSSR count). The summed E-state index contributed by atoms with van der Waals surface area (Å²) < 4.78 is 0.802. The molecule has 0 bridgehead atoms. The highest BCUT2D eigenvalue weighted by atomic mass is 35.5. The first-order chi connectivity index (χ1) is 6.75. The minimum atomic E-state index is 0.278. The first-order valence-corrected chi connectivity index (χ1v) is 5.97. The minimum Gasteiger partial charge on any atom is -0.343 e. The van der Waals surface area contributed by atoms with Crippen molar-refractivity contribution >= 4 is 28.8 Å². The van der Waals surface area contributed by atoms with Gasteiger partial charge in [-0.3, -0.25) is 4.79 Å². The van der Waals surface area contributed by atoms with Crippen LogP contribution in [0.1, 0.15) is 17.7 Å². The SMILES string of the molecule is O=C(CCc1ccc(Cl)s1)N1CCC1. The molecule has 0 aromatic carbocycles. The molecule has 0 saturated carbocycles. The number of rotatable bonds is 3. The van der Waals surface area contributed by atoms with Gasteiger partial charge in [-0.25, -0.2) is 0 Å². The van der Waals surface area contributed by atoms with Crippen molar-refractivity contribution in [1.29, 1.82) is 0 Å². The largest absolute Gasteiger partial charge is 0.343 e. The van der Waals surface area contributed by atoms with Crippen LogP contribution in [0.25, 0.3) is 0 Å². The van der Waals surface area contributed by atoms with Crippen LogP contribution < -0.4 is 0 Å². The van der Waals surface area contributed by atoms with Gasteiger partial charge >= 0.3 is 0 Å². The van der Waals surface area contributed by atoms with Gasteiger partial charge in [0.2, 0.25) is 5.91 Å². The monoisotopic (exact) mass is 229 g/mol. The van der Waals surface area contributed by atoms with Gasteiger partial charge < -0.3 is 4.90 Å². The van der Waals surface area contributed by atoms with Gasteiger partial charge in [0, 0.05) is 24.4 Å². The summed E-state index contributed by atoms with van der Waals surface area (Å²) in [5.74, 6) is 0.278. The molecule has 2 heterocycles. The Morgan fingerprint density at radius 1 is 1.50 bits per heavy atom. The van der Waals surface area contributed by atoms with Crippen molar-refractivity contribution in [2.45, 2.75) is 19.3 Å². The van der Waals surface area contributed by atoms with E-state index in [-0.39, 0.29) is 5.91 Å². The zero-order valence-electron chi connectivity index (χ0n) is 7.83. The number of thiophene rings is 1. The Bertz CT molecular complexity index is 333. The number of carbonyl (C=O) groups excluding carboxylic acids is 1. The maximum atomic E-state index is 11.5. The normalized spacial score (nSPS) is 15.4. The van der Waals surface area contributed by atoms with E-state index in [0.717, 1.165) is 30.3 Å². The molecule has 0 spiro atoms. The lowest BCUT2D eigenvalue weighted by Gasteiger charge is -2.30. The molecular weight excluding hydrogens is 218 g/mol. The van der Waals surface area contributed by atoms with Crippen LogP contribution >= 0.6 is 22.9 Å². The van der Waals surface area contributed by atoms with E-state index in [4.69, 9.17) is 11.6 Å².